The van der Waals surface area contributed by atoms with Gasteiger partial charge in [0, 0.05) is 23.7 Å². The molecule has 15 heavy (non-hydrogen) atoms. The molecule has 1 atom stereocenters. The molecule has 4 heteroatoms. The molecule has 1 aromatic carbocycles. The lowest BCUT2D eigenvalue weighted by atomic mass is 10.4. The van der Waals surface area contributed by atoms with Gasteiger partial charge in [-0.3, -0.25) is 4.21 Å². The Morgan fingerprint density at radius 3 is 2.20 bits per heavy atom. The smallest absolute Gasteiger partial charge is 0.0526 e. The third-order valence-corrected chi connectivity index (χ3v) is 5.85. The summed E-state index contributed by atoms with van der Waals surface area (Å²) in [5.41, 5.74) is 0. The average molecular weight is 261 g/mol. The van der Waals surface area contributed by atoms with E-state index in [1.165, 1.54) is 0 Å². The fourth-order valence-electron chi connectivity index (χ4n) is 1.10. The summed E-state index contributed by atoms with van der Waals surface area (Å²) < 4.78 is 11.9. The molecule has 0 aliphatic carbocycles. The number of rotatable bonds is 4. The van der Waals surface area contributed by atoms with Gasteiger partial charge in [0.2, 0.25) is 0 Å². The van der Waals surface area contributed by atoms with E-state index >= 15 is 0 Å². The quantitative estimate of drug-likeness (QED) is 0.753. The lowest BCUT2D eigenvalue weighted by Crippen LogP contribution is -2.22. The van der Waals surface area contributed by atoms with E-state index < -0.39 is 18.9 Å². The van der Waals surface area contributed by atoms with E-state index in [0.29, 0.717) is 5.02 Å². The van der Waals surface area contributed by atoms with Crippen molar-refractivity contribution in [3.8, 4) is 0 Å². The first-order valence-electron chi connectivity index (χ1n) is 5.02. The van der Waals surface area contributed by atoms with Gasteiger partial charge in [0.15, 0.2) is 0 Å². The van der Waals surface area contributed by atoms with Crippen molar-refractivity contribution >= 4 is 30.5 Å². The van der Waals surface area contributed by atoms with Crippen LogP contribution in [-0.2, 0) is 10.8 Å². The van der Waals surface area contributed by atoms with Gasteiger partial charge in [-0.25, -0.2) is 0 Å². The molecular formula is C11H17ClOSSi. The molecule has 0 heterocycles. The summed E-state index contributed by atoms with van der Waals surface area (Å²) in [4.78, 5) is 0.887. The van der Waals surface area contributed by atoms with Crippen LogP contribution >= 0.6 is 11.6 Å². The standard InChI is InChI=1S/C11H17ClOSSi/c1-15(2,3)9-8-14(13)11-6-4-10(12)5-7-11/h4-7H,8-9H2,1-3H3. The zero-order valence-corrected chi connectivity index (χ0v) is 12.0. The number of benzene rings is 1. The molecule has 0 saturated carbocycles. The molecule has 1 nitrogen and oxygen atoms in total. The normalized spacial score (nSPS) is 13.9. The Bertz CT molecular complexity index is 343. The minimum Gasteiger partial charge on any atom is -0.254 e. The Morgan fingerprint density at radius 1 is 1.20 bits per heavy atom. The van der Waals surface area contributed by atoms with E-state index in [2.05, 4.69) is 19.6 Å². The van der Waals surface area contributed by atoms with Crippen LogP contribution in [0.1, 0.15) is 0 Å². The molecular weight excluding hydrogens is 244 g/mol. The van der Waals surface area contributed by atoms with Gasteiger partial charge in [-0.2, -0.15) is 0 Å². The Hall–Kier alpha value is -0.123. The summed E-state index contributed by atoms with van der Waals surface area (Å²) in [6, 6.07) is 8.39. The zero-order valence-electron chi connectivity index (χ0n) is 9.42. The van der Waals surface area contributed by atoms with Crippen LogP contribution in [0.25, 0.3) is 0 Å². The van der Waals surface area contributed by atoms with E-state index in [1.807, 2.05) is 12.1 Å². The maximum atomic E-state index is 11.9. The van der Waals surface area contributed by atoms with Gasteiger partial charge in [0.05, 0.1) is 10.8 Å². The summed E-state index contributed by atoms with van der Waals surface area (Å²) in [6.07, 6.45) is 0. The zero-order chi connectivity index (χ0) is 11.5. The first-order valence-corrected chi connectivity index (χ1v) is 10.4. The second-order valence-electron chi connectivity index (χ2n) is 4.81. The molecule has 0 saturated heterocycles. The van der Waals surface area contributed by atoms with Crippen molar-refractivity contribution in [2.75, 3.05) is 5.75 Å². The van der Waals surface area contributed by atoms with Crippen molar-refractivity contribution in [2.24, 2.45) is 0 Å². The largest absolute Gasteiger partial charge is 0.254 e. The van der Waals surface area contributed by atoms with Crippen LogP contribution in [0, 0.1) is 0 Å². The fourth-order valence-corrected chi connectivity index (χ4v) is 5.10. The highest BCUT2D eigenvalue weighted by Gasteiger charge is 2.15. The highest BCUT2D eigenvalue weighted by molar-refractivity contribution is 7.85. The molecule has 0 aliphatic rings. The molecule has 0 spiro atoms. The third kappa shape index (κ3) is 4.95. The molecule has 0 aliphatic heterocycles. The maximum Gasteiger partial charge on any atom is 0.0526 e. The van der Waals surface area contributed by atoms with E-state index in [-0.39, 0.29) is 0 Å². The SMILES string of the molecule is C[Si](C)(C)CCS(=O)c1ccc(Cl)cc1. The summed E-state index contributed by atoms with van der Waals surface area (Å²) in [6.45, 7) is 6.89. The average Bonchev–Trinajstić information content (AvgIpc) is 2.14. The van der Waals surface area contributed by atoms with E-state index in [4.69, 9.17) is 11.6 Å². The lowest BCUT2D eigenvalue weighted by molar-refractivity contribution is 0.683. The van der Waals surface area contributed by atoms with Crippen LogP contribution in [0.2, 0.25) is 30.7 Å². The predicted molar refractivity (Wildman–Crippen MR) is 70.9 cm³/mol. The number of hydrogen-bond acceptors (Lipinski definition) is 1. The molecule has 0 aromatic heterocycles. The van der Waals surface area contributed by atoms with Gasteiger partial charge in [-0.1, -0.05) is 31.2 Å². The Labute approximate surface area is 100 Å². The van der Waals surface area contributed by atoms with Crippen molar-refractivity contribution in [2.45, 2.75) is 30.6 Å². The fraction of sp³-hybridized carbons (Fsp3) is 0.455. The molecule has 0 bridgehead atoms. The van der Waals surface area contributed by atoms with E-state index in [1.54, 1.807) is 12.1 Å². The Kier molecular flexibility index (Phi) is 4.56. The molecule has 1 aromatic rings. The first kappa shape index (κ1) is 12.9. The van der Waals surface area contributed by atoms with Crippen molar-refractivity contribution in [3.05, 3.63) is 29.3 Å². The van der Waals surface area contributed by atoms with Crippen molar-refractivity contribution in [1.29, 1.82) is 0 Å². The molecule has 1 rings (SSSR count). The Balaban J connectivity index is 2.58. The highest BCUT2D eigenvalue weighted by Crippen LogP contribution is 2.16. The number of halogens is 1. The minimum absolute atomic E-state index is 0.695. The van der Waals surface area contributed by atoms with Gasteiger partial charge in [-0.15, -0.1) is 0 Å². The van der Waals surface area contributed by atoms with Gasteiger partial charge < -0.3 is 0 Å². The Morgan fingerprint density at radius 2 is 1.73 bits per heavy atom. The van der Waals surface area contributed by atoms with Gasteiger partial charge >= 0.3 is 0 Å². The molecule has 0 fully saturated rings. The molecule has 0 N–H and O–H groups in total. The molecule has 0 amide bonds. The first-order chi connectivity index (χ1) is 6.88. The summed E-state index contributed by atoms with van der Waals surface area (Å²) in [5.74, 6) is 0.775. The molecule has 1 unspecified atom stereocenters. The molecule has 84 valence electrons. The monoisotopic (exact) mass is 260 g/mol. The van der Waals surface area contributed by atoms with Crippen LogP contribution in [0.15, 0.2) is 29.2 Å². The predicted octanol–water partition coefficient (Wildman–Crippen LogP) is 3.79. The third-order valence-electron chi connectivity index (χ3n) is 2.11. The van der Waals surface area contributed by atoms with Crippen LogP contribution in [0.3, 0.4) is 0 Å². The second kappa shape index (κ2) is 5.28. The summed E-state index contributed by atoms with van der Waals surface area (Å²) in [7, 11) is -1.94. The van der Waals surface area contributed by atoms with Crippen molar-refractivity contribution in [1.82, 2.24) is 0 Å². The van der Waals surface area contributed by atoms with Gasteiger partial charge in [-0.05, 0) is 30.3 Å². The van der Waals surface area contributed by atoms with Crippen LogP contribution in [-0.4, -0.2) is 18.0 Å². The summed E-state index contributed by atoms with van der Waals surface area (Å²) in [5, 5.41) is 0.695. The maximum absolute atomic E-state index is 11.9. The summed E-state index contributed by atoms with van der Waals surface area (Å²) >= 11 is 5.77. The van der Waals surface area contributed by atoms with Crippen LogP contribution < -0.4 is 0 Å². The number of hydrogen-bond donors (Lipinski definition) is 0. The second-order valence-corrected chi connectivity index (χ2v) is 12.4. The lowest BCUT2D eigenvalue weighted by Gasteiger charge is -2.14. The van der Waals surface area contributed by atoms with Gasteiger partial charge in [0.1, 0.15) is 0 Å². The van der Waals surface area contributed by atoms with Crippen LogP contribution in [0.5, 0.6) is 0 Å². The van der Waals surface area contributed by atoms with Crippen LogP contribution in [0.4, 0.5) is 0 Å². The van der Waals surface area contributed by atoms with Crippen molar-refractivity contribution < 1.29 is 4.21 Å². The van der Waals surface area contributed by atoms with E-state index in [9.17, 15) is 4.21 Å². The van der Waals surface area contributed by atoms with Gasteiger partial charge in [0.25, 0.3) is 0 Å². The van der Waals surface area contributed by atoms with Crippen molar-refractivity contribution in [3.63, 3.8) is 0 Å². The molecule has 0 radical (unpaired) electrons. The van der Waals surface area contributed by atoms with E-state index in [0.717, 1.165) is 16.7 Å². The topological polar surface area (TPSA) is 17.1 Å². The minimum atomic E-state index is -1.08. The highest BCUT2D eigenvalue weighted by atomic mass is 35.5.